The summed E-state index contributed by atoms with van der Waals surface area (Å²) in [6, 6.07) is 0. The summed E-state index contributed by atoms with van der Waals surface area (Å²) < 4.78 is 4.33. The molecule has 3 N–H and O–H groups in total. The van der Waals surface area contributed by atoms with Crippen LogP contribution in [0.4, 0.5) is 5.82 Å². The second-order valence-electron chi connectivity index (χ2n) is 4.10. The lowest BCUT2D eigenvalue weighted by Gasteiger charge is -2.40. The first-order valence-corrected chi connectivity index (χ1v) is 5.10. The maximum atomic E-state index is 11.8. The molecule has 17 heavy (non-hydrogen) atoms. The molecule has 1 aromatic heterocycles. The number of carboxylic acid groups (broad SMARTS) is 1. The minimum atomic E-state index is -0.857. The molecule has 0 spiro atoms. The number of carbonyl (C=O) groups is 2. The molecule has 8 nitrogen and oxygen atoms in total. The van der Waals surface area contributed by atoms with E-state index in [1.165, 1.54) is 4.90 Å². The summed E-state index contributed by atoms with van der Waals surface area (Å²) in [6.07, 6.45) is 0. The van der Waals surface area contributed by atoms with Gasteiger partial charge in [0, 0.05) is 19.0 Å². The molecule has 1 aromatic rings. The van der Waals surface area contributed by atoms with Crippen LogP contribution in [0.25, 0.3) is 0 Å². The smallest absolute Gasteiger partial charge is 0.306 e. The molecule has 1 saturated heterocycles. The number of aromatic nitrogens is 2. The van der Waals surface area contributed by atoms with Crippen LogP contribution in [0, 0.1) is 11.8 Å². The number of amides is 1. The number of nitrogens with two attached hydrogens (primary N) is 1. The van der Waals surface area contributed by atoms with E-state index < -0.39 is 11.9 Å². The van der Waals surface area contributed by atoms with Crippen molar-refractivity contribution in [2.75, 3.05) is 18.8 Å². The quantitative estimate of drug-likeness (QED) is 0.726. The van der Waals surface area contributed by atoms with E-state index in [0.29, 0.717) is 13.1 Å². The maximum Gasteiger partial charge on any atom is 0.306 e. The van der Waals surface area contributed by atoms with Gasteiger partial charge in [-0.25, -0.2) is 4.63 Å². The Labute approximate surface area is 96.3 Å². The van der Waals surface area contributed by atoms with Crippen molar-refractivity contribution < 1.29 is 19.3 Å². The zero-order chi connectivity index (χ0) is 12.6. The Kier molecular flexibility index (Phi) is 2.70. The third-order valence-electron chi connectivity index (χ3n) is 3.01. The standard InChI is InChI=1S/C9H12N4O4/c1-4(9(15)16)5-2-13(3-5)8(14)6-7(10)12-17-11-6/h4-5H,2-3H2,1H3,(H2,10,12)(H,15,16). The summed E-state index contributed by atoms with van der Waals surface area (Å²) >= 11 is 0. The summed E-state index contributed by atoms with van der Waals surface area (Å²) in [4.78, 5) is 24.0. The molecule has 0 radical (unpaired) electrons. The first-order valence-electron chi connectivity index (χ1n) is 5.10. The number of carbonyl (C=O) groups excluding carboxylic acids is 1. The number of nitrogen functional groups attached to an aromatic ring is 1. The van der Waals surface area contributed by atoms with Crippen LogP contribution in [0.15, 0.2) is 4.63 Å². The Morgan fingerprint density at radius 3 is 2.65 bits per heavy atom. The molecule has 8 heteroatoms. The maximum absolute atomic E-state index is 11.8. The van der Waals surface area contributed by atoms with Gasteiger partial charge in [0.2, 0.25) is 11.5 Å². The molecule has 0 aromatic carbocycles. The second-order valence-corrected chi connectivity index (χ2v) is 4.10. The van der Waals surface area contributed by atoms with Crippen molar-refractivity contribution in [2.24, 2.45) is 11.8 Å². The van der Waals surface area contributed by atoms with Gasteiger partial charge in [-0.2, -0.15) is 0 Å². The zero-order valence-corrected chi connectivity index (χ0v) is 9.16. The van der Waals surface area contributed by atoms with E-state index in [1.807, 2.05) is 0 Å². The summed E-state index contributed by atoms with van der Waals surface area (Å²) in [7, 11) is 0. The van der Waals surface area contributed by atoms with Crippen LogP contribution in [-0.4, -0.2) is 45.3 Å². The first-order chi connectivity index (χ1) is 8.00. The summed E-state index contributed by atoms with van der Waals surface area (Å²) in [6.45, 7) is 2.40. The van der Waals surface area contributed by atoms with E-state index in [9.17, 15) is 9.59 Å². The molecule has 0 saturated carbocycles. The van der Waals surface area contributed by atoms with Crippen LogP contribution in [0.2, 0.25) is 0 Å². The topological polar surface area (TPSA) is 123 Å². The number of hydrogen-bond acceptors (Lipinski definition) is 6. The van der Waals surface area contributed by atoms with Crippen LogP contribution >= 0.6 is 0 Å². The Morgan fingerprint density at radius 1 is 1.53 bits per heavy atom. The second kappa shape index (κ2) is 4.04. The number of nitrogens with zero attached hydrogens (tertiary/aromatic N) is 3. The van der Waals surface area contributed by atoms with E-state index in [2.05, 4.69) is 14.9 Å². The molecular formula is C9H12N4O4. The third-order valence-corrected chi connectivity index (χ3v) is 3.01. The highest BCUT2D eigenvalue weighted by molar-refractivity contribution is 5.96. The van der Waals surface area contributed by atoms with Gasteiger partial charge in [0.15, 0.2) is 0 Å². The van der Waals surface area contributed by atoms with Gasteiger partial charge in [-0.3, -0.25) is 9.59 Å². The molecule has 1 unspecified atom stereocenters. The van der Waals surface area contributed by atoms with Crippen molar-refractivity contribution in [1.82, 2.24) is 15.2 Å². The average Bonchev–Trinajstić information content (AvgIpc) is 2.61. The van der Waals surface area contributed by atoms with Gasteiger partial charge < -0.3 is 15.7 Å². The minimum absolute atomic E-state index is 0.0218. The van der Waals surface area contributed by atoms with E-state index in [4.69, 9.17) is 10.8 Å². The highest BCUT2D eigenvalue weighted by Crippen LogP contribution is 2.26. The zero-order valence-electron chi connectivity index (χ0n) is 9.16. The predicted molar refractivity (Wildman–Crippen MR) is 54.9 cm³/mol. The van der Waals surface area contributed by atoms with Crippen molar-refractivity contribution in [3.8, 4) is 0 Å². The summed E-state index contributed by atoms with van der Waals surface area (Å²) in [5.74, 6) is -1.78. The van der Waals surface area contributed by atoms with Gasteiger partial charge in [-0.1, -0.05) is 6.92 Å². The van der Waals surface area contributed by atoms with Crippen molar-refractivity contribution in [3.05, 3.63) is 5.69 Å². The van der Waals surface area contributed by atoms with Gasteiger partial charge in [-0.15, -0.1) is 0 Å². The normalized spacial score (nSPS) is 17.6. The van der Waals surface area contributed by atoms with Gasteiger partial charge >= 0.3 is 5.97 Å². The fourth-order valence-electron chi connectivity index (χ4n) is 1.69. The first kappa shape index (κ1) is 11.4. The molecule has 1 atom stereocenters. The third kappa shape index (κ3) is 1.93. The van der Waals surface area contributed by atoms with Crippen molar-refractivity contribution in [3.63, 3.8) is 0 Å². The van der Waals surface area contributed by atoms with Gasteiger partial charge in [-0.05, 0) is 10.3 Å². The van der Waals surface area contributed by atoms with Gasteiger partial charge in [0.1, 0.15) is 0 Å². The van der Waals surface area contributed by atoms with E-state index >= 15 is 0 Å². The largest absolute Gasteiger partial charge is 0.481 e. The number of carboxylic acids is 1. The highest BCUT2D eigenvalue weighted by Gasteiger charge is 2.38. The van der Waals surface area contributed by atoms with Crippen molar-refractivity contribution in [2.45, 2.75) is 6.92 Å². The van der Waals surface area contributed by atoms with Crippen LogP contribution in [0.1, 0.15) is 17.4 Å². The van der Waals surface area contributed by atoms with Gasteiger partial charge in [0.05, 0.1) is 5.92 Å². The summed E-state index contributed by atoms with van der Waals surface area (Å²) in [5.41, 5.74) is 5.37. The number of rotatable bonds is 3. The van der Waals surface area contributed by atoms with Crippen LogP contribution < -0.4 is 5.73 Å². The van der Waals surface area contributed by atoms with Crippen LogP contribution in [-0.2, 0) is 4.79 Å². The molecule has 2 heterocycles. The fraction of sp³-hybridized carbons (Fsp3) is 0.556. The Hall–Kier alpha value is -2.12. The molecule has 0 aliphatic carbocycles. The lowest BCUT2D eigenvalue weighted by atomic mass is 9.87. The Balaban J connectivity index is 1.95. The van der Waals surface area contributed by atoms with E-state index in [0.717, 1.165) is 0 Å². The molecule has 1 aliphatic rings. The Bertz CT molecular complexity index is 452. The monoisotopic (exact) mass is 240 g/mol. The van der Waals surface area contributed by atoms with Crippen molar-refractivity contribution >= 4 is 17.7 Å². The molecule has 1 fully saturated rings. The molecule has 1 amide bonds. The molecule has 92 valence electrons. The number of aliphatic carboxylic acids is 1. The number of anilines is 1. The fourth-order valence-corrected chi connectivity index (χ4v) is 1.69. The molecule has 0 bridgehead atoms. The SMILES string of the molecule is CC(C(=O)O)C1CN(C(=O)c2nonc2N)C1. The average molecular weight is 240 g/mol. The number of likely N-dealkylation sites (tertiary alicyclic amines) is 1. The minimum Gasteiger partial charge on any atom is -0.481 e. The number of hydrogen-bond donors (Lipinski definition) is 2. The van der Waals surface area contributed by atoms with E-state index in [-0.39, 0.29) is 23.3 Å². The summed E-state index contributed by atoms with van der Waals surface area (Å²) in [5, 5.41) is 15.5. The molecule has 1 aliphatic heterocycles. The van der Waals surface area contributed by atoms with Crippen molar-refractivity contribution in [1.29, 1.82) is 0 Å². The lowest BCUT2D eigenvalue weighted by molar-refractivity contribution is -0.144. The molecule has 2 rings (SSSR count). The molecular weight excluding hydrogens is 228 g/mol. The van der Waals surface area contributed by atoms with Gasteiger partial charge in [0.25, 0.3) is 5.91 Å². The Morgan fingerprint density at radius 2 is 2.18 bits per heavy atom. The van der Waals surface area contributed by atoms with E-state index in [1.54, 1.807) is 6.92 Å². The van der Waals surface area contributed by atoms with Crippen LogP contribution in [0.3, 0.4) is 0 Å². The highest BCUT2D eigenvalue weighted by atomic mass is 16.6. The lowest BCUT2D eigenvalue weighted by Crippen LogP contribution is -2.53. The van der Waals surface area contributed by atoms with Crippen LogP contribution in [0.5, 0.6) is 0 Å². The predicted octanol–water partition coefficient (Wildman–Crippen LogP) is -0.555.